The molecule has 1 aromatic heterocycles. The molecule has 0 bridgehead atoms. The molecule has 1 N–H and O–H groups in total. The van der Waals surface area contributed by atoms with Crippen molar-refractivity contribution in [2.24, 2.45) is 7.05 Å². The number of nitrogens with zero attached hydrogens (tertiary/aromatic N) is 3. The Morgan fingerprint density at radius 2 is 2.26 bits per heavy atom. The first kappa shape index (κ1) is 14.0. The van der Waals surface area contributed by atoms with E-state index in [1.807, 2.05) is 30.8 Å². The normalized spacial score (nSPS) is 12.4. The van der Waals surface area contributed by atoms with E-state index in [2.05, 4.69) is 44.4 Å². The van der Waals surface area contributed by atoms with Gasteiger partial charge >= 0.3 is 0 Å². The number of aryl methyl sites for hydroxylation is 1. The van der Waals surface area contributed by atoms with Crippen LogP contribution in [0.25, 0.3) is 0 Å². The Balaban J connectivity index is 2.18. The van der Waals surface area contributed by atoms with Gasteiger partial charge in [-0.2, -0.15) is 0 Å². The summed E-state index contributed by atoms with van der Waals surface area (Å²) in [5, 5.41) is 11.1. The Labute approximate surface area is 121 Å². The second-order valence-electron chi connectivity index (χ2n) is 4.34. The van der Waals surface area contributed by atoms with Gasteiger partial charge in [0.15, 0.2) is 5.82 Å². The molecule has 0 aliphatic carbocycles. The van der Waals surface area contributed by atoms with Crippen molar-refractivity contribution in [3.63, 3.8) is 0 Å². The minimum Gasteiger partial charge on any atom is -0.485 e. The van der Waals surface area contributed by atoms with Gasteiger partial charge in [0.25, 0.3) is 0 Å². The topological polar surface area (TPSA) is 52.0 Å². The zero-order valence-corrected chi connectivity index (χ0v) is 12.8. The SMILES string of the molecule is CNC(C)c1cc(Br)ccc1OCc1nncn1C. The molecule has 0 saturated carbocycles. The van der Waals surface area contributed by atoms with Crippen LogP contribution in [0.2, 0.25) is 0 Å². The van der Waals surface area contributed by atoms with Crippen molar-refractivity contribution >= 4 is 15.9 Å². The first-order chi connectivity index (χ1) is 9.11. The predicted molar refractivity (Wildman–Crippen MR) is 77.0 cm³/mol. The third kappa shape index (κ3) is 3.33. The monoisotopic (exact) mass is 324 g/mol. The van der Waals surface area contributed by atoms with Crippen LogP contribution in [0.5, 0.6) is 5.75 Å². The zero-order valence-electron chi connectivity index (χ0n) is 11.2. The number of nitrogens with one attached hydrogen (secondary N) is 1. The van der Waals surface area contributed by atoms with Crippen molar-refractivity contribution in [2.75, 3.05) is 7.05 Å². The Kier molecular flexibility index (Phi) is 4.55. The summed E-state index contributed by atoms with van der Waals surface area (Å²) >= 11 is 3.49. The number of benzene rings is 1. The van der Waals surface area contributed by atoms with Gasteiger partial charge in [-0.25, -0.2) is 0 Å². The molecule has 0 aliphatic heterocycles. The van der Waals surface area contributed by atoms with E-state index in [1.165, 1.54) is 0 Å². The van der Waals surface area contributed by atoms with Gasteiger partial charge in [0, 0.05) is 23.1 Å². The molecule has 1 heterocycles. The number of rotatable bonds is 5. The molecule has 0 saturated heterocycles. The molecule has 5 nitrogen and oxygen atoms in total. The van der Waals surface area contributed by atoms with Crippen molar-refractivity contribution in [1.29, 1.82) is 0 Å². The lowest BCUT2D eigenvalue weighted by atomic mass is 10.1. The summed E-state index contributed by atoms with van der Waals surface area (Å²) in [6.45, 7) is 2.50. The lowest BCUT2D eigenvalue weighted by molar-refractivity contribution is 0.286. The zero-order chi connectivity index (χ0) is 13.8. The molecule has 1 atom stereocenters. The molecule has 0 amide bonds. The van der Waals surface area contributed by atoms with E-state index in [9.17, 15) is 0 Å². The lowest BCUT2D eigenvalue weighted by Crippen LogP contribution is -2.14. The molecule has 102 valence electrons. The second-order valence-corrected chi connectivity index (χ2v) is 5.25. The molecule has 2 rings (SSSR count). The summed E-state index contributed by atoms with van der Waals surface area (Å²) < 4.78 is 8.74. The van der Waals surface area contributed by atoms with Gasteiger partial charge in [-0.3, -0.25) is 0 Å². The van der Waals surface area contributed by atoms with Crippen LogP contribution in [0, 0.1) is 0 Å². The van der Waals surface area contributed by atoms with Crippen LogP contribution >= 0.6 is 15.9 Å². The van der Waals surface area contributed by atoms with Gasteiger partial charge < -0.3 is 14.6 Å². The lowest BCUT2D eigenvalue weighted by Gasteiger charge is -2.16. The van der Waals surface area contributed by atoms with Crippen LogP contribution in [-0.4, -0.2) is 21.8 Å². The van der Waals surface area contributed by atoms with E-state index in [1.54, 1.807) is 6.33 Å². The van der Waals surface area contributed by atoms with E-state index < -0.39 is 0 Å². The summed E-state index contributed by atoms with van der Waals surface area (Å²) in [5.41, 5.74) is 1.11. The first-order valence-corrected chi connectivity index (χ1v) is 6.83. The highest BCUT2D eigenvalue weighted by Crippen LogP contribution is 2.28. The first-order valence-electron chi connectivity index (χ1n) is 6.04. The number of hydrogen-bond acceptors (Lipinski definition) is 4. The molecule has 2 aromatic rings. The maximum atomic E-state index is 5.86. The molecule has 0 spiro atoms. The minimum atomic E-state index is 0.215. The fourth-order valence-corrected chi connectivity index (χ4v) is 2.10. The van der Waals surface area contributed by atoms with Crippen molar-refractivity contribution in [3.05, 3.63) is 40.4 Å². The van der Waals surface area contributed by atoms with E-state index >= 15 is 0 Å². The minimum absolute atomic E-state index is 0.215. The number of ether oxygens (including phenoxy) is 1. The highest BCUT2D eigenvalue weighted by atomic mass is 79.9. The molecule has 6 heteroatoms. The quantitative estimate of drug-likeness (QED) is 0.917. The summed E-state index contributed by atoms with van der Waals surface area (Å²) in [4.78, 5) is 0. The maximum absolute atomic E-state index is 5.86. The van der Waals surface area contributed by atoms with Crippen molar-refractivity contribution in [1.82, 2.24) is 20.1 Å². The average Bonchev–Trinajstić information content (AvgIpc) is 2.82. The van der Waals surface area contributed by atoms with Gasteiger partial charge in [-0.15, -0.1) is 10.2 Å². The van der Waals surface area contributed by atoms with Crippen LogP contribution in [0.1, 0.15) is 24.4 Å². The third-order valence-electron chi connectivity index (χ3n) is 3.03. The molecule has 1 unspecified atom stereocenters. The Morgan fingerprint density at radius 1 is 1.47 bits per heavy atom. The largest absolute Gasteiger partial charge is 0.485 e. The smallest absolute Gasteiger partial charge is 0.170 e. The van der Waals surface area contributed by atoms with Crippen LogP contribution in [0.4, 0.5) is 0 Å². The van der Waals surface area contributed by atoms with Crippen molar-refractivity contribution in [3.8, 4) is 5.75 Å². The van der Waals surface area contributed by atoms with Gasteiger partial charge in [0.1, 0.15) is 18.7 Å². The third-order valence-corrected chi connectivity index (χ3v) is 3.53. The Bertz CT molecular complexity index is 555. The molecular weight excluding hydrogens is 308 g/mol. The molecule has 1 aromatic carbocycles. The van der Waals surface area contributed by atoms with E-state index in [0.29, 0.717) is 6.61 Å². The molecule has 0 fully saturated rings. The van der Waals surface area contributed by atoms with Crippen LogP contribution in [0.15, 0.2) is 29.0 Å². The Morgan fingerprint density at radius 3 is 2.89 bits per heavy atom. The summed E-state index contributed by atoms with van der Waals surface area (Å²) in [6.07, 6.45) is 1.66. The van der Waals surface area contributed by atoms with Gasteiger partial charge in [-0.05, 0) is 32.2 Å². The van der Waals surface area contributed by atoms with Crippen LogP contribution < -0.4 is 10.1 Å². The molecular formula is C13H17BrN4O. The highest BCUT2D eigenvalue weighted by molar-refractivity contribution is 9.10. The Hall–Kier alpha value is -1.40. The fourth-order valence-electron chi connectivity index (χ4n) is 1.72. The summed E-state index contributed by atoms with van der Waals surface area (Å²) in [6, 6.07) is 6.21. The van der Waals surface area contributed by atoms with E-state index in [-0.39, 0.29) is 6.04 Å². The maximum Gasteiger partial charge on any atom is 0.170 e. The van der Waals surface area contributed by atoms with E-state index in [0.717, 1.165) is 21.6 Å². The van der Waals surface area contributed by atoms with Gasteiger partial charge in [0.05, 0.1) is 0 Å². The second kappa shape index (κ2) is 6.16. The molecule has 19 heavy (non-hydrogen) atoms. The predicted octanol–water partition coefficient (Wildman–Crippen LogP) is 2.44. The highest BCUT2D eigenvalue weighted by Gasteiger charge is 2.12. The summed E-state index contributed by atoms with van der Waals surface area (Å²) in [5.74, 6) is 1.65. The van der Waals surface area contributed by atoms with Crippen molar-refractivity contribution in [2.45, 2.75) is 19.6 Å². The van der Waals surface area contributed by atoms with Crippen LogP contribution in [0.3, 0.4) is 0 Å². The summed E-state index contributed by atoms with van der Waals surface area (Å²) in [7, 11) is 3.83. The average molecular weight is 325 g/mol. The van der Waals surface area contributed by atoms with Gasteiger partial charge in [-0.1, -0.05) is 15.9 Å². The van der Waals surface area contributed by atoms with Crippen molar-refractivity contribution < 1.29 is 4.74 Å². The fraction of sp³-hybridized carbons (Fsp3) is 0.385. The van der Waals surface area contributed by atoms with Crippen LogP contribution in [-0.2, 0) is 13.7 Å². The molecule has 0 aliphatic rings. The molecule has 0 radical (unpaired) electrons. The number of halogens is 1. The number of aromatic nitrogens is 3. The van der Waals surface area contributed by atoms with E-state index in [4.69, 9.17) is 4.74 Å². The standard InChI is InChI=1S/C13H17BrN4O/c1-9(15-2)11-6-10(14)4-5-12(11)19-7-13-17-16-8-18(13)3/h4-6,8-9,15H,7H2,1-3H3. The van der Waals surface area contributed by atoms with Gasteiger partial charge in [0.2, 0.25) is 0 Å². The number of hydrogen-bond donors (Lipinski definition) is 1.